The van der Waals surface area contributed by atoms with E-state index in [2.05, 4.69) is 9.84 Å². The van der Waals surface area contributed by atoms with Gasteiger partial charge in [-0.1, -0.05) is 29.8 Å². The lowest BCUT2D eigenvalue weighted by molar-refractivity contribution is -0.274. The number of hydrazine groups is 1. The van der Waals surface area contributed by atoms with Crippen LogP contribution in [0.4, 0.5) is 17.6 Å². The molecule has 1 heterocycles. The van der Waals surface area contributed by atoms with Gasteiger partial charge in [-0.05, 0) is 18.2 Å². The van der Waals surface area contributed by atoms with Gasteiger partial charge in [0.2, 0.25) is 5.13 Å². The van der Waals surface area contributed by atoms with Crippen LogP contribution in [0.2, 0.25) is 0 Å². The molecular formula is C16H13ClF4N4O2. The average molecular weight is 405 g/mol. The van der Waals surface area contributed by atoms with Crippen LogP contribution < -0.4 is 16.0 Å². The molecule has 2 atom stereocenters. The molecule has 0 aliphatic heterocycles. The van der Waals surface area contributed by atoms with Crippen LogP contribution in [-0.2, 0) is 6.54 Å². The van der Waals surface area contributed by atoms with E-state index in [4.69, 9.17) is 17.4 Å². The Labute approximate surface area is 155 Å². The Kier molecular flexibility index (Phi) is 4.87. The second-order valence-corrected chi connectivity index (χ2v) is 6.34. The van der Waals surface area contributed by atoms with E-state index in [9.17, 15) is 22.4 Å². The number of carbonyl (C=O) groups is 1. The zero-order valence-corrected chi connectivity index (χ0v) is 14.3. The third-order valence-electron chi connectivity index (χ3n) is 3.94. The Morgan fingerprint density at radius 3 is 2.78 bits per heavy atom. The van der Waals surface area contributed by atoms with Gasteiger partial charge in [0, 0.05) is 17.4 Å². The van der Waals surface area contributed by atoms with Crippen molar-refractivity contribution in [3.8, 4) is 5.75 Å². The van der Waals surface area contributed by atoms with Crippen molar-refractivity contribution < 1.29 is 27.1 Å². The first kappa shape index (κ1) is 19.2. The standard InChI is InChI=1S/C16H13ClF4N4O2/c17-15(18)6-2-1-3-9(15)8-25-12-7-10(27-16(19,20)21)4-5-11(12)13(24-25)14(26)23-22/h1-7,9H,8,22H2,(H,23,26). The molecule has 1 aromatic carbocycles. The molecular weight excluding hydrogens is 392 g/mol. The second-order valence-electron chi connectivity index (χ2n) is 5.76. The van der Waals surface area contributed by atoms with Crippen molar-refractivity contribution in [1.82, 2.24) is 15.2 Å². The van der Waals surface area contributed by atoms with Crippen molar-refractivity contribution in [2.24, 2.45) is 11.8 Å². The summed E-state index contributed by atoms with van der Waals surface area (Å²) in [6.07, 6.45) is 0.780. The highest BCUT2D eigenvalue weighted by Crippen LogP contribution is 2.35. The van der Waals surface area contributed by atoms with Crippen molar-refractivity contribution in [1.29, 1.82) is 0 Å². The SMILES string of the molecule is NNC(=O)c1nn(CC2C=CC=CC2(F)Cl)c2cc(OC(F)(F)F)ccc12. The molecule has 3 rings (SSSR count). The fourth-order valence-corrected chi connectivity index (χ4v) is 2.94. The monoisotopic (exact) mass is 404 g/mol. The first-order chi connectivity index (χ1) is 12.6. The van der Waals surface area contributed by atoms with E-state index in [0.29, 0.717) is 0 Å². The van der Waals surface area contributed by atoms with Crippen LogP contribution in [-0.4, -0.2) is 27.2 Å². The minimum atomic E-state index is -4.89. The van der Waals surface area contributed by atoms with Crippen LogP contribution >= 0.6 is 11.6 Å². The number of hydrogen-bond acceptors (Lipinski definition) is 4. The first-order valence-electron chi connectivity index (χ1n) is 7.62. The minimum absolute atomic E-state index is 0.125. The molecule has 2 unspecified atom stereocenters. The lowest BCUT2D eigenvalue weighted by Crippen LogP contribution is -2.31. The summed E-state index contributed by atoms with van der Waals surface area (Å²) in [5, 5.41) is 2.08. The number of nitrogens with two attached hydrogens (primary N) is 1. The van der Waals surface area contributed by atoms with E-state index >= 15 is 0 Å². The van der Waals surface area contributed by atoms with Crippen molar-refractivity contribution in [2.75, 3.05) is 0 Å². The highest BCUT2D eigenvalue weighted by Gasteiger charge is 2.35. The Balaban J connectivity index is 2.06. The Hall–Kier alpha value is -2.59. The fourth-order valence-electron chi connectivity index (χ4n) is 2.73. The highest BCUT2D eigenvalue weighted by atomic mass is 35.5. The summed E-state index contributed by atoms with van der Waals surface area (Å²) in [7, 11) is 0. The fraction of sp³-hybridized carbons (Fsp3) is 0.250. The number of rotatable bonds is 4. The third-order valence-corrected chi connectivity index (χ3v) is 4.35. The van der Waals surface area contributed by atoms with E-state index in [1.165, 1.54) is 22.9 Å². The number of nitrogens with zero attached hydrogens (tertiary/aromatic N) is 2. The number of nitrogens with one attached hydrogen (secondary N) is 1. The summed E-state index contributed by atoms with van der Waals surface area (Å²) in [5.41, 5.74) is 1.91. The predicted molar refractivity (Wildman–Crippen MR) is 89.5 cm³/mol. The Morgan fingerprint density at radius 1 is 1.41 bits per heavy atom. The number of aromatic nitrogens is 2. The average Bonchev–Trinajstić information content (AvgIpc) is 2.92. The number of hydrogen-bond donors (Lipinski definition) is 2. The van der Waals surface area contributed by atoms with Crippen LogP contribution in [0.25, 0.3) is 10.9 Å². The highest BCUT2D eigenvalue weighted by molar-refractivity contribution is 6.24. The molecule has 1 aliphatic carbocycles. The Bertz CT molecular complexity index is 936. The molecule has 0 saturated carbocycles. The van der Waals surface area contributed by atoms with Crippen LogP contribution in [0.1, 0.15) is 10.5 Å². The number of amides is 1. The van der Waals surface area contributed by atoms with Crippen molar-refractivity contribution >= 4 is 28.4 Å². The van der Waals surface area contributed by atoms with Gasteiger partial charge in [0.15, 0.2) is 5.69 Å². The van der Waals surface area contributed by atoms with Gasteiger partial charge >= 0.3 is 6.36 Å². The van der Waals surface area contributed by atoms with Gasteiger partial charge in [-0.3, -0.25) is 14.9 Å². The van der Waals surface area contributed by atoms with E-state index in [1.807, 2.05) is 5.43 Å². The zero-order chi connectivity index (χ0) is 19.8. The molecule has 0 radical (unpaired) electrons. The van der Waals surface area contributed by atoms with E-state index in [1.54, 1.807) is 6.08 Å². The van der Waals surface area contributed by atoms with Gasteiger partial charge < -0.3 is 4.74 Å². The molecule has 1 aliphatic rings. The van der Waals surface area contributed by atoms with Crippen LogP contribution in [0.15, 0.2) is 42.5 Å². The molecule has 27 heavy (non-hydrogen) atoms. The summed E-state index contributed by atoms with van der Waals surface area (Å²) in [6, 6.07) is 3.34. The summed E-state index contributed by atoms with van der Waals surface area (Å²) >= 11 is 5.84. The number of ether oxygens (including phenoxy) is 1. The van der Waals surface area contributed by atoms with Gasteiger partial charge in [0.1, 0.15) is 5.75 Å². The molecule has 0 bridgehead atoms. The number of nitrogen functional groups attached to an aromatic ring is 1. The topological polar surface area (TPSA) is 82.2 Å². The van der Waals surface area contributed by atoms with Gasteiger partial charge in [-0.25, -0.2) is 10.2 Å². The molecule has 1 aromatic heterocycles. The molecule has 1 amide bonds. The molecule has 0 saturated heterocycles. The molecule has 0 spiro atoms. The van der Waals surface area contributed by atoms with Crippen LogP contribution in [0, 0.1) is 5.92 Å². The lowest BCUT2D eigenvalue weighted by atomic mass is 9.98. The van der Waals surface area contributed by atoms with Gasteiger partial charge in [-0.15, -0.1) is 13.2 Å². The summed E-state index contributed by atoms with van der Waals surface area (Å²) in [5.74, 6) is 3.00. The number of carbonyl (C=O) groups excluding carboxylic acids is 1. The molecule has 0 fully saturated rings. The number of alkyl halides is 5. The molecule has 144 valence electrons. The maximum Gasteiger partial charge on any atom is 0.573 e. The summed E-state index contributed by atoms with van der Waals surface area (Å²) < 4.78 is 57.0. The molecule has 3 N–H and O–H groups in total. The molecule has 11 heteroatoms. The van der Waals surface area contributed by atoms with Crippen molar-refractivity contribution in [3.63, 3.8) is 0 Å². The van der Waals surface area contributed by atoms with Gasteiger partial charge in [-0.2, -0.15) is 5.10 Å². The van der Waals surface area contributed by atoms with Crippen molar-refractivity contribution in [3.05, 3.63) is 48.2 Å². The maximum atomic E-state index is 14.5. The predicted octanol–water partition coefficient (Wildman–Crippen LogP) is 3.19. The third kappa shape index (κ3) is 4.06. The maximum absolute atomic E-state index is 14.5. The summed E-state index contributed by atoms with van der Waals surface area (Å²) in [4.78, 5) is 11.9. The number of halogens is 5. The first-order valence-corrected chi connectivity index (χ1v) is 7.99. The summed E-state index contributed by atoms with van der Waals surface area (Å²) in [6.45, 7) is -0.134. The quantitative estimate of drug-likeness (QED) is 0.269. The second kappa shape index (κ2) is 6.86. The van der Waals surface area contributed by atoms with E-state index in [-0.39, 0.29) is 23.1 Å². The molecule has 6 nitrogen and oxygen atoms in total. The van der Waals surface area contributed by atoms with Gasteiger partial charge in [0.25, 0.3) is 5.91 Å². The van der Waals surface area contributed by atoms with Crippen molar-refractivity contribution in [2.45, 2.75) is 18.0 Å². The van der Waals surface area contributed by atoms with Gasteiger partial charge in [0.05, 0.1) is 12.1 Å². The number of fused-ring (bicyclic) bond motifs is 1. The Morgan fingerprint density at radius 2 is 2.15 bits per heavy atom. The molecule has 2 aromatic rings. The number of allylic oxidation sites excluding steroid dienone is 4. The number of benzene rings is 1. The smallest absolute Gasteiger partial charge is 0.406 e. The lowest BCUT2D eigenvalue weighted by Gasteiger charge is -2.25. The van der Waals surface area contributed by atoms with Crippen LogP contribution in [0.3, 0.4) is 0 Å². The van der Waals surface area contributed by atoms with E-state index in [0.717, 1.165) is 18.2 Å². The zero-order valence-electron chi connectivity index (χ0n) is 13.5. The van der Waals surface area contributed by atoms with Crippen LogP contribution in [0.5, 0.6) is 5.75 Å². The minimum Gasteiger partial charge on any atom is -0.406 e. The largest absolute Gasteiger partial charge is 0.573 e. The van der Waals surface area contributed by atoms with E-state index < -0.39 is 29.1 Å². The normalized spacial score (nSPS) is 22.2.